The second kappa shape index (κ2) is 24.4. The lowest BCUT2D eigenvalue weighted by Gasteiger charge is -2.53. The molecule has 0 aliphatic carbocycles. The van der Waals surface area contributed by atoms with E-state index in [0.29, 0.717) is 26.3 Å². The lowest BCUT2D eigenvalue weighted by atomic mass is 9.75. The molecule has 8 heteroatoms. The zero-order chi connectivity index (χ0) is 51.3. The molecule has 8 aromatic rings. The van der Waals surface area contributed by atoms with Crippen molar-refractivity contribution in [1.29, 1.82) is 10.5 Å². The highest BCUT2D eigenvalue weighted by molar-refractivity contribution is 9.10. The molecule has 6 nitrogen and oxygen atoms in total. The van der Waals surface area contributed by atoms with Crippen molar-refractivity contribution in [3.05, 3.63) is 309 Å². The van der Waals surface area contributed by atoms with Crippen LogP contribution in [-0.2, 0) is 20.7 Å². The summed E-state index contributed by atoms with van der Waals surface area (Å²) in [6.45, 7) is 10.1. The van der Waals surface area contributed by atoms with Gasteiger partial charge in [-0.25, -0.2) is 0 Å². The molecule has 0 spiro atoms. The maximum Gasteiger partial charge on any atom is 0.143 e. The number of hydrogen-bond donors (Lipinski definition) is 0. The molecule has 0 aromatic heterocycles. The molecule has 2 aliphatic heterocycles. The Morgan fingerprint density at radius 1 is 0.405 bits per heavy atom. The van der Waals surface area contributed by atoms with Gasteiger partial charge in [0.15, 0.2) is 0 Å². The molecule has 368 valence electrons. The molecule has 8 aromatic carbocycles. The van der Waals surface area contributed by atoms with Gasteiger partial charge in [-0.05, 0) is 68.8 Å². The number of ether oxygens (including phenoxy) is 2. The van der Waals surface area contributed by atoms with Gasteiger partial charge in [-0.2, -0.15) is 10.5 Å². The highest BCUT2D eigenvalue weighted by atomic mass is 79.9. The van der Waals surface area contributed by atoms with Gasteiger partial charge in [0.1, 0.15) is 23.3 Å². The second-order valence-corrected chi connectivity index (χ2v) is 20.4. The summed E-state index contributed by atoms with van der Waals surface area (Å²) in [5.74, 6) is 0.0798. The fourth-order valence-corrected chi connectivity index (χ4v) is 11.6. The summed E-state index contributed by atoms with van der Waals surface area (Å²) in [7, 11) is 0. The van der Waals surface area contributed by atoms with Gasteiger partial charge in [0.25, 0.3) is 0 Å². The number of nitrogens with zero attached hydrogens (tertiary/aromatic N) is 4. The minimum atomic E-state index is -0.800. The number of halogens is 2. The van der Waals surface area contributed by atoms with E-state index in [9.17, 15) is 10.5 Å². The first-order valence-electron chi connectivity index (χ1n) is 25.0. The largest absolute Gasteiger partial charge is 0.359 e. The molecule has 2 fully saturated rings. The third-order valence-corrected chi connectivity index (χ3v) is 15.6. The Hall–Kier alpha value is -6.98. The Labute approximate surface area is 453 Å². The summed E-state index contributed by atoms with van der Waals surface area (Å²) in [6.07, 6.45) is 3.74. The molecule has 0 saturated carbocycles. The fourth-order valence-electron chi connectivity index (χ4n) is 11.1. The third kappa shape index (κ3) is 10.5. The van der Waals surface area contributed by atoms with Crippen LogP contribution in [0, 0.1) is 22.7 Å². The molecular weight excluding hydrogens is 1040 g/mol. The zero-order valence-corrected chi connectivity index (χ0v) is 44.3. The average Bonchev–Trinajstić information content (AvgIpc) is 3.46. The van der Waals surface area contributed by atoms with Gasteiger partial charge in [-0.1, -0.05) is 250 Å². The van der Waals surface area contributed by atoms with Crippen LogP contribution in [0.5, 0.6) is 0 Å². The predicted molar refractivity (Wildman–Crippen MR) is 304 cm³/mol. The van der Waals surface area contributed by atoms with E-state index in [4.69, 9.17) is 9.47 Å². The molecule has 0 N–H and O–H groups in total. The van der Waals surface area contributed by atoms with Gasteiger partial charge in [-0.3, -0.25) is 9.80 Å². The van der Waals surface area contributed by atoms with Crippen molar-refractivity contribution in [2.24, 2.45) is 0 Å². The number of likely N-dealkylation sites (tertiary alicyclic amines) is 2. The van der Waals surface area contributed by atoms with E-state index >= 15 is 0 Å². The first-order valence-corrected chi connectivity index (χ1v) is 26.6. The SMILES string of the molecule is C=CCN1[C@H](C#N)[C@@H](c2ccc(Br)cc2)[C@H]1COC(c1ccccc1)(c1ccccc1)c1ccccc1.C=CCN1[C@H](C#N)[C@@H](c2ccc(Br)cc2)[C@H]1COC(c1ccccc1)(c1ccccc1)c1ccccc1. The van der Waals surface area contributed by atoms with Crippen LogP contribution in [0.25, 0.3) is 0 Å². The van der Waals surface area contributed by atoms with E-state index in [1.165, 1.54) is 0 Å². The van der Waals surface area contributed by atoms with Crippen molar-refractivity contribution in [1.82, 2.24) is 9.80 Å². The van der Waals surface area contributed by atoms with Crippen LogP contribution >= 0.6 is 31.9 Å². The predicted octanol–water partition coefficient (Wildman–Crippen LogP) is 14.6. The van der Waals surface area contributed by atoms with Crippen LogP contribution in [0.15, 0.2) is 265 Å². The quantitative estimate of drug-likeness (QED) is 0.0630. The number of nitriles is 2. The third-order valence-electron chi connectivity index (χ3n) is 14.6. The maximum absolute atomic E-state index is 10.1. The summed E-state index contributed by atoms with van der Waals surface area (Å²) in [6, 6.07) is 83.7. The van der Waals surface area contributed by atoms with Crippen molar-refractivity contribution < 1.29 is 9.47 Å². The molecule has 0 radical (unpaired) electrons. The van der Waals surface area contributed by atoms with Crippen LogP contribution < -0.4 is 0 Å². The molecule has 0 unspecified atom stereocenters. The first kappa shape index (κ1) is 51.9. The van der Waals surface area contributed by atoms with Gasteiger partial charge in [0.05, 0.1) is 25.4 Å². The molecule has 2 aliphatic rings. The first-order chi connectivity index (χ1) is 36.4. The summed E-state index contributed by atoms with van der Waals surface area (Å²) in [5, 5.41) is 20.1. The van der Waals surface area contributed by atoms with Crippen LogP contribution in [0.2, 0.25) is 0 Å². The zero-order valence-electron chi connectivity index (χ0n) is 41.2. The number of benzene rings is 8. The maximum atomic E-state index is 10.1. The van der Waals surface area contributed by atoms with Gasteiger partial charge >= 0.3 is 0 Å². The minimum Gasteiger partial charge on any atom is -0.359 e. The normalized spacial score (nSPS) is 19.5. The van der Waals surface area contributed by atoms with Gasteiger partial charge in [0, 0.05) is 46.0 Å². The van der Waals surface area contributed by atoms with E-state index in [2.05, 4.69) is 237 Å². The Bertz CT molecular complexity index is 2720. The fraction of sp³-hybridized carbons (Fsp3) is 0.182. The van der Waals surface area contributed by atoms with Crippen molar-refractivity contribution in [2.45, 2.75) is 47.2 Å². The summed E-state index contributed by atoms with van der Waals surface area (Å²) < 4.78 is 16.3. The Kier molecular flexibility index (Phi) is 17.1. The van der Waals surface area contributed by atoms with Crippen LogP contribution in [0.1, 0.15) is 56.3 Å². The molecule has 6 atom stereocenters. The van der Waals surface area contributed by atoms with Gasteiger partial charge in [0.2, 0.25) is 0 Å². The summed E-state index contributed by atoms with van der Waals surface area (Å²) in [5.41, 5.74) is 7.10. The molecule has 0 amide bonds. The number of rotatable bonds is 18. The van der Waals surface area contributed by atoms with E-state index in [-0.39, 0.29) is 36.0 Å². The standard InChI is InChI=1S/2C33H29BrN2O/c2*1-2-22-36-30(23-35)32(25-18-20-29(34)21-19-25)31(36)24-37-33(26-12-6-3-7-13-26,27-14-8-4-9-15-27)28-16-10-5-11-17-28/h2*2-21,30-32H,1,22,24H2/t2*30-,31-,32-/m11/s1. The average molecular weight is 1100 g/mol. The van der Waals surface area contributed by atoms with E-state index < -0.39 is 11.2 Å². The summed E-state index contributed by atoms with van der Waals surface area (Å²) in [4.78, 5) is 4.40. The Morgan fingerprint density at radius 2 is 0.649 bits per heavy atom. The molecule has 10 rings (SSSR count). The highest BCUT2D eigenvalue weighted by Gasteiger charge is 2.52. The van der Waals surface area contributed by atoms with Crippen molar-refractivity contribution >= 4 is 31.9 Å². The topological polar surface area (TPSA) is 72.5 Å². The van der Waals surface area contributed by atoms with Crippen LogP contribution in [0.3, 0.4) is 0 Å². The molecule has 0 bridgehead atoms. The van der Waals surface area contributed by atoms with Crippen LogP contribution in [0.4, 0.5) is 0 Å². The molecule has 2 heterocycles. The van der Waals surface area contributed by atoms with Gasteiger partial charge in [-0.15, -0.1) is 13.2 Å². The van der Waals surface area contributed by atoms with Crippen molar-refractivity contribution in [3.8, 4) is 12.1 Å². The Morgan fingerprint density at radius 3 is 0.865 bits per heavy atom. The smallest absolute Gasteiger partial charge is 0.143 e. The van der Waals surface area contributed by atoms with E-state index in [1.807, 2.05) is 72.8 Å². The van der Waals surface area contributed by atoms with E-state index in [1.54, 1.807) is 0 Å². The minimum absolute atomic E-state index is 0.0272. The van der Waals surface area contributed by atoms with Crippen molar-refractivity contribution in [2.75, 3.05) is 26.3 Å². The number of hydrogen-bond acceptors (Lipinski definition) is 6. The van der Waals surface area contributed by atoms with Crippen molar-refractivity contribution in [3.63, 3.8) is 0 Å². The van der Waals surface area contributed by atoms with Crippen LogP contribution in [-0.4, -0.2) is 60.3 Å². The highest BCUT2D eigenvalue weighted by Crippen LogP contribution is 2.47. The lowest BCUT2D eigenvalue weighted by molar-refractivity contribution is -0.0751. The van der Waals surface area contributed by atoms with Gasteiger partial charge < -0.3 is 9.47 Å². The second-order valence-electron chi connectivity index (χ2n) is 18.6. The molecular formula is C66H58Br2N4O2. The monoisotopic (exact) mass is 1100 g/mol. The molecule has 2 saturated heterocycles. The summed E-state index contributed by atoms with van der Waals surface area (Å²) >= 11 is 7.08. The lowest BCUT2D eigenvalue weighted by Crippen LogP contribution is -2.63. The van der Waals surface area contributed by atoms with E-state index in [0.717, 1.165) is 53.5 Å². The molecule has 74 heavy (non-hydrogen) atoms. The Balaban J connectivity index is 0.000000182.